The summed E-state index contributed by atoms with van der Waals surface area (Å²) in [5.41, 5.74) is 7.99. The monoisotopic (exact) mass is 185 g/mol. The molecule has 0 aliphatic heterocycles. The van der Waals surface area contributed by atoms with Crippen molar-refractivity contribution in [2.24, 2.45) is 5.73 Å². The number of carbonyl (C=O) groups is 1. The zero-order valence-electron chi connectivity index (χ0n) is 7.73. The molecular weight excluding hydrogens is 174 g/mol. The van der Waals surface area contributed by atoms with Crippen molar-refractivity contribution in [3.63, 3.8) is 0 Å². The van der Waals surface area contributed by atoms with E-state index >= 15 is 0 Å². The second-order valence-electron chi connectivity index (χ2n) is 3.23. The topological polar surface area (TPSA) is 43.1 Å². The van der Waals surface area contributed by atoms with Crippen LogP contribution in [0.3, 0.4) is 0 Å². The number of allylic oxidation sites excluding steroid dienone is 8. The normalized spacial score (nSPS) is 19.0. The highest BCUT2D eigenvalue weighted by molar-refractivity contribution is 5.97. The predicted octanol–water partition coefficient (Wildman–Crippen LogP) is 1.78. The maximum Gasteiger partial charge on any atom is 0.249 e. The average Bonchev–Trinajstić information content (AvgIpc) is 2.41. The first-order valence-electron chi connectivity index (χ1n) is 4.54. The van der Waals surface area contributed by atoms with Crippen LogP contribution in [0.2, 0.25) is 0 Å². The third-order valence-corrected chi connectivity index (χ3v) is 2.31. The molecule has 2 aliphatic rings. The molecule has 14 heavy (non-hydrogen) atoms. The highest BCUT2D eigenvalue weighted by Crippen LogP contribution is 2.27. The molecule has 0 unspecified atom stereocenters. The van der Waals surface area contributed by atoms with Gasteiger partial charge in [-0.1, -0.05) is 42.5 Å². The van der Waals surface area contributed by atoms with E-state index in [1.165, 1.54) is 0 Å². The Labute approximate surface area is 82.8 Å². The van der Waals surface area contributed by atoms with E-state index in [1.54, 1.807) is 6.08 Å². The quantitative estimate of drug-likeness (QED) is 0.664. The molecule has 1 amide bonds. The first-order valence-corrected chi connectivity index (χ1v) is 4.54. The van der Waals surface area contributed by atoms with E-state index in [-0.39, 0.29) is 5.91 Å². The maximum atomic E-state index is 11.2. The van der Waals surface area contributed by atoms with E-state index in [1.807, 2.05) is 36.5 Å². The minimum absolute atomic E-state index is 0.367. The van der Waals surface area contributed by atoms with E-state index in [0.717, 1.165) is 17.6 Å². The van der Waals surface area contributed by atoms with Gasteiger partial charge in [0.2, 0.25) is 5.91 Å². The molecule has 0 saturated carbocycles. The highest BCUT2D eigenvalue weighted by atomic mass is 16.1. The number of carbonyl (C=O) groups excluding carboxylic acids is 1. The molecule has 0 heterocycles. The Morgan fingerprint density at radius 3 is 2.86 bits per heavy atom. The van der Waals surface area contributed by atoms with Gasteiger partial charge in [-0.25, -0.2) is 0 Å². The Kier molecular flexibility index (Phi) is 2.19. The van der Waals surface area contributed by atoms with Gasteiger partial charge in [0.1, 0.15) is 0 Å². The summed E-state index contributed by atoms with van der Waals surface area (Å²) in [6.07, 6.45) is 14.4. The smallest absolute Gasteiger partial charge is 0.249 e. The summed E-state index contributed by atoms with van der Waals surface area (Å²) >= 11 is 0. The first kappa shape index (κ1) is 8.75. The first-order chi connectivity index (χ1) is 6.79. The van der Waals surface area contributed by atoms with Gasteiger partial charge in [-0.3, -0.25) is 4.79 Å². The van der Waals surface area contributed by atoms with Gasteiger partial charge >= 0.3 is 0 Å². The van der Waals surface area contributed by atoms with Crippen LogP contribution in [0, 0.1) is 0 Å². The van der Waals surface area contributed by atoms with Crippen molar-refractivity contribution in [3.05, 3.63) is 59.3 Å². The molecule has 0 atom stereocenters. The van der Waals surface area contributed by atoms with Gasteiger partial charge in [0, 0.05) is 5.57 Å². The Bertz CT molecular complexity index is 420. The molecule has 0 aromatic carbocycles. The van der Waals surface area contributed by atoms with Crippen molar-refractivity contribution in [1.29, 1.82) is 0 Å². The average molecular weight is 185 g/mol. The fraction of sp³-hybridized carbons (Fsp3) is 0.0833. The van der Waals surface area contributed by atoms with Crippen molar-refractivity contribution in [1.82, 2.24) is 0 Å². The van der Waals surface area contributed by atoms with Crippen LogP contribution in [-0.4, -0.2) is 5.91 Å². The Morgan fingerprint density at radius 2 is 2.07 bits per heavy atom. The lowest BCUT2D eigenvalue weighted by Crippen LogP contribution is -2.16. The number of hydrogen-bond acceptors (Lipinski definition) is 1. The zero-order chi connectivity index (χ0) is 9.97. The second kappa shape index (κ2) is 3.50. The fourth-order valence-corrected chi connectivity index (χ4v) is 1.63. The molecular formula is C12H11NO. The largest absolute Gasteiger partial charge is 0.366 e. The van der Waals surface area contributed by atoms with E-state index in [9.17, 15) is 4.79 Å². The molecule has 0 radical (unpaired) electrons. The molecule has 2 aliphatic carbocycles. The summed E-state index contributed by atoms with van der Waals surface area (Å²) in [6.45, 7) is 0. The summed E-state index contributed by atoms with van der Waals surface area (Å²) in [4.78, 5) is 11.2. The van der Waals surface area contributed by atoms with Gasteiger partial charge in [-0.05, 0) is 17.6 Å². The second-order valence-corrected chi connectivity index (χ2v) is 3.23. The number of fused-ring (bicyclic) bond motifs is 1. The van der Waals surface area contributed by atoms with Crippen LogP contribution in [0.15, 0.2) is 59.3 Å². The van der Waals surface area contributed by atoms with Crippen LogP contribution in [0.25, 0.3) is 0 Å². The fourth-order valence-electron chi connectivity index (χ4n) is 1.63. The number of amides is 1. The van der Waals surface area contributed by atoms with Crippen LogP contribution in [0.1, 0.15) is 6.42 Å². The molecule has 2 rings (SSSR count). The molecule has 0 fully saturated rings. The molecule has 0 spiro atoms. The van der Waals surface area contributed by atoms with Gasteiger partial charge in [0.15, 0.2) is 0 Å². The molecule has 0 aromatic heterocycles. The van der Waals surface area contributed by atoms with Crippen molar-refractivity contribution in [3.8, 4) is 0 Å². The molecule has 0 bridgehead atoms. The third-order valence-electron chi connectivity index (χ3n) is 2.31. The summed E-state index contributed by atoms with van der Waals surface area (Å²) in [5, 5.41) is 0. The van der Waals surface area contributed by atoms with Gasteiger partial charge in [0.25, 0.3) is 0 Å². The van der Waals surface area contributed by atoms with Crippen LogP contribution < -0.4 is 5.73 Å². The van der Waals surface area contributed by atoms with Gasteiger partial charge < -0.3 is 5.73 Å². The Hall–Kier alpha value is -1.83. The van der Waals surface area contributed by atoms with E-state index in [0.29, 0.717) is 5.57 Å². The van der Waals surface area contributed by atoms with E-state index < -0.39 is 0 Å². The lowest BCUT2D eigenvalue weighted by Gasteiger charge is -2.13. The molecule has 0 aromatic rings. The lowest BCUT2D eigenvalue weighted by atomic mass is 9.92. The number of rotatable bonds is 1. The van der Waals surface area contributed by atoms with Crippen molar-refractivity contribution < 1.29 is 4.79 Å². The van der Waals surface area contributed by atoms with Gasteiger partial charge in [-0.2, -0.15) is 0 Å². The Balaban J connectivity index is 2.56. The SMILES string of the molecule is NC(=O)C1=C2C=CC=CC=C2CC=C1. The summed E-state index contributed by atoms with van der Waals surface area (Å²) < 4.78 is 0. The number of primary amides is 1. The van der Waals surface area contributed by atoms with Crippen LogP contribution in [0.4, 0.5) is 0 Å². The van der Waals surface area contributed by atoms with Crippen molar-refractivity contribution in [2.75, 3.05) is 0 Å². The van der Waals surface area contributed by atoms with Crippen LogP contribution in [0.5, 0.6) is 0 Å². The predicted molar refractivity (Wildman–Crippen MR) is 56.3 cm³/mol. The molecule has 2 nitrogen and oxygen atoms in total. The van der Waals surface area contributed by atoms with Gasteiger partial charge in [-0.15, -0.1) is 0 Å². The molecule has 2 heteroatoms. The highest BCUT2D eigenvalue weighted by Gasteiger charge is 2.14. The summed E-state index contributed by atoms with van der Waals surface area (Å²) in [5.74, 6) is -0.367. The zero-order valence-corrected chi connectivity index (χ0v) is 7.73. The van der Waals surface area contributed by atoms with E-state index in [2.05, 4.69) is 0 Å². The molecule has 2 N–H and O–H groups in total. The lowest BCUT2D eigenvalue weighted by molar-refractivity contribution is -0.114. The Morgan fingerprint density at radius 1 is 1.21 bits per heavy atom. The van der Waals surface area contributed by atoms with Crippen LogP contribution >= 0.6 is 0 Å². The minimum atomic E-state index is -0.367. The van der Waals surface area contributed by atoms with Crippen molar-refractivity contribution in [2.45, 2.75) is 6.42 Å². The third kappa shape index (κ3) is 1.46. The van der Waals surface area contributed by atoms with Crippen LogP contribution in [-0.2, 0) is 4.79 Å². The van der Waals surface area contributed by atoms with E-state index in [4.69, 9.17) is 5.73 Å². The summed E-state index contributed by atoms with van der Waals surface area (Å²) in [7, 11) is 0. The molecule has 70 valence electrons. The summed E-state index contributed by atoms with van der Waals surface area (Å²) in [6, 6.07) is 0. The number of hydrogen-bond donors (Lipinski definition) is 1. The van der Waals surface area contributed by atoms with Crippen molar-refractivity contribution >= 4 is 5.91 Å². The number of nitrogens with two attached hydrogens (primary N) is 1. The standard InChI is InChI=1S/C12H11NO/c13-12(14)11-8-4-6-9-5-2-1-3-7-10(9)11/h1-5,7-8H,6H2,(H2,13,14). The minimum Gasteiger partial charge on any atom is -0.366 e. The van der Waals surface area contributed by atoms with Gasteiger partial charge in [0.05, 0.1) is 0 Å². The maximum absolute atomic E-state index is 11.2. The molecule has 0 saturated heterocycles.